The van der Waals surface area contributed by atoms with Crippen LogP contribution in [0.1, 0.15) is 26.7 Å². The number of rotatable bonds is 4. The lowest BCUT2D eigenvalue weighted by molar-refractivity contribution is -0.129. The van der Waals surface area contributed by atoms with Crippen LogP contribution in [-0.2, 0) is 9.59 Å². The van der Waals surface area contributed by atoms with Gasteiger partial charge in [-0.25, -0.2) is 5.43 Å². The number of nitrogens with zero attached hydrogens (tertiary/aromatic N) is 1. The summed E-state index contributed by atoms with van der Waals surface area (Å²) in [6.07, 6.45) is 1.79. The number of hydrogen-bond donors (Lipinski definition) is 1. The molecule has 1 N–H and O–H groups in total. The van der Waals surface area contributed by atoms with Gasteiger partial charge in [0.2, 0.25) is 5.91 Å². The van der Waals surface area contributed by atoms with Gasteiger partial charge in [-0.15, -0.1) is 0 Å². The van der Waals surface area contributed by atoms with Crippen molar-refractivity contribution in [2.75, 3.05) is 6.54 Å². The van der Waals surface area contributed by atoms with Gasteiger partial charge in [-0.3, -0.25) is 9.80 Å². The highest BCUT2D eigenvalue weighted by Gasteiger charge is 2.30. The molecule has 4 nitrogen and oxygen atoms in total. The minimum atomic E-state index is 0.0977. The number of carbonyl (C=O) groups excluding carboxylic acids is 2. The first kappa shape index (κ1) is 10.2. The highest BCUT2D eigenvalue weighted by molar-refractivity contribution is 5.78. The van der Waals surface area contributed by atoms with Crippen LogP contribution < -0.4 is 5.43 Å². The van der Waals surface area contributed by atoms with E-state index in [9.17, 15) is 9.59 Å². The van der Waals surface area contributed by atoms with E-state index in [-0.39, 0.29) is 11.9 Å². The molecule has 0 aromatic carbocycles. The summed E-state index contributed by atoms with van der Waals surface area (Å²) >= 11 is 0. The van der Waals surface area contributed by atoms with Crippen molar-refractivity contribution in [1.82, 2.24) is 10.4 Å². The largest absolute Gasteiger partial charge is 0.303 e. The van der Waals surface area contributed by atoms with Crippen LogP contribution in [0.5, 0.6) is 0 Å². The summed E-state index contributed by atoms with van der Waals surface area (Å²) in [6.45, 7) is 4.65. The van der Waals surface area contributed by atoms with Gasteiger partial charge < -0.3 is 4.79 Å². The second-order valence-electron chi connectivity index (χ2n) is 3.68. The molecular weight excluding hydrogens is 168 g/mol. The predicted octanol–water partition coefficient (Wildman–Crippen LogP) is 0.337. The molecule has 1 aliphatic rings. The number of nitrogens with one attached hydrogen (secondary N) is 1. The van der Waals surface area contributed by atoms with Crippen LogP contribution in [0.3, 0.4) is 0 Å². The Morgan fingerprint density at radius 3 is 2.85 bits per heavy atom. The van der Waals surface area contributed by atoms with Gasteiger partial charge in [-0.2, -0.15) is 0 Å². The maximum atomic E-state index is 11.3. The van der Waals surface area contributed by atoms with Crippen molar-refractivity contribution in [2.24, 2.45) is 5.92 Å². The van der Waals surface area contributed by atoms with Gasteiger partial charge in [-0.05, 0) is 5.92 Å². The highest BCUT2D eigenvalue weighted by atomic mass is 16.2. The molecule has 4 heteroatoms. The van der Waals surface area contributed by atoms with Crippen LogP contribution in [0.25, 0.3) is 0 Å². The summed E-state index contributed by atoms with van der Waals surface area (Å²) in [6, 6.07) is 0.235. The molecule has 1 amide bonds. The van der Waals surface area contributed by atoms with Crippen molar-refractivity contribution >= 4 is 12.2 Å². The molecule has 1 saturated heterocycles. The zero-order chi connectivity index (χ0) is 9.84. The van der Waals surface area contributed by atoms with E-state index in [2.05, 4.69) is 19.3 Å². The van der Waals surface area contributed by atoms with E-state index in [0.717, 1.165) is 6.29 Å². The van der Waals surface area contributed by atoms with Gasteiger partial charge in [0.15, 0.2) is 0 Å². The Morgan fingerprint density at radius 2 is 2.38 bits per heavy atom. The van der Waals surface area contributed by atoms with Crippen molar-refractivity contribution in [3.8, 4) is 0 Å². The monoisotopic (exact) mass is 184 g/mol. The Kier molecular flexibility index (Phi) is 3.42. The minimum absolute atomic E-state index is 0.0977. The molecule has 1 atom stereocenters. The van der Waals surface area contributed by atoms with Crippen LogP contribution in [0.4, 0.5) is 0 Å². The fourth-order valence-corrected chi connectivity index (χ4v) is 1.37. The Labute approximate surface area is 78.3 Å². The Morgan fingerprint density at radius 1 is 1.69 bits per heavy atom. The fourth-order valence-electron chi connectivity index (χ4n) is 1.37. The van der Waals surface area contributed by atoms with E-state index in [1.54, 1.807) is 5.01 Å². The van der Waals surface area contributed by atoms with Crippen molar-refractivity contribution < 1.29 is 9.59 Å². The average Bonchev–Trinajstić information content (AvgIpc) is 2.44. The zero-order valence-corrected chi connectivity index (χ0v) is 8.12. The van der Waals surface area contributed by atoms with Crippen LogP contribution in [-0.4, -0.2) is 29.8 Å². The quantitative estimate of drug-likeness (QED) is 0.641. The number of amides is 1. The SMILES string of the molecule is CC(C)C1CC(=O)N(CCC=O)N1. The molecule has 0 spiro atoms. The molecule has 1 unspecified atom stereocenters. The van der Waals surface area contributed by atoms with Crippen molar-refractivity contribution in [2.45, 2.75) is 32.7 Å². The van der Waals surface area contributed by atoms with E-state index in [0.29, 0.717) is 25.3 Å². The summed E-state index contributed by atoms with van der Waals surface area (Å²) in [5.74, 6) is 0.547. The van der Waals surface area contributed by atoms with Crippen molar-refractivity contribution in [1.29, 1.82) is 0 Å². The summed E-state index contributed by atoms with van der Waals surface area (Å²) in [7, 11) is 0. The second-order valence-corrected chi connectivity index (χ2v) is 3.68. The third-order valence-corrected chi connectivity index (χ3v) is 2.29. The lowest BCUT2D eigenvalue weighted by atomic mass is 10.0. The lowest BCUT2D eigenvalue weighted by Crippen LogP contribution is -2.39. The number of carbonyl (C=O) groups is 2. The van der Waals surface area contributed by atoms with E-state index in [1.165, 1.54) is 0 Å². The normalized spacial score (nSPS) is 22.8. The maximum absolute atomic E-state index is 11.3. The maximum Gasteiger partial charge on any atom is 0.238 e. The fraction of sp³-hybridized carbons (Fsp3) is 0.778. The van der Waals surface area contributed by atoms with E-state index in [1.807, 2.05) is 0 Å². The molecule has 1 rings (SSSR count). The standard InChI is InChI=1S/C9H16N2O2/c1-7(2)8-6-9(13)11(10-8)4-3-5-12/h5,7-8,10H,3-4,6H2,1-2H3. The lowest BCUT2D eigenvalue weighted by Gasteiger charge is -2.18. The molecule has 74 valence electrons. The third kappa shape index (κ3) is 2.52. The Balaban J connectivity index is 2.41. The summed E-state index contributed by atoms with van der Waals surface area (Å²) in [5, 5.41) is 1.55. The molecule has 0 aromatic heterocycles. The molecule has 13 heavy (non-hydrogen) atoms. The summed E-state index contributed by atoms with van der Waals surface area (Å²) in [5.41, 5.74) is 3.10. The number of aldehydes is 1. The minimum Gasteiger partial charge on any atom is -0.303 e. The van der Waals surface area contributed by atoms with Crippen LogP contribution in [0.2, 0.25) is 0 Å². The molecule has 0 radical (unpaired) electrons. The Bertz CT molecular complexity index is 204. The molecule has 1 aliphatic heterocycles. The summed E-state index contributed by atoms with van der Waals surface area (Å²) in [4.78, 5) is 21.5. The molecule has 0 aromatic rings. The van der Waals surface area contributed by atoms with Gasteiger partial charge in [0.25, 0.3) is 0 Å². The first-order valence-electron chi connectivity index (χ1n) is 4.65. The third-order valence-electron chi connectivity index (χ3n) is 2.29. The van der Waals surface area contributed by atoms with E-state index in [4.69, 9.17) is 0 Å². The van der Waals surface area contributed by atoms with Gasteiger partial charge >= 0.3 is 0 Å². The van der Waals surface area contributed by atoms with Gasteiger partial charge in [0.05, 0.1) is 0 Å². The highest BCUT2D eigenvalue weighted by Crippen LogP contribution is 2.14. The summed E-state index contributed by atoms with van der Waals surface area (Å²) < 4.78 is 0. The van der Waals surface area contributed by atoms with Gasteiger partial charge in [0.1, 0.15) is 6.29 Å². The first-order valence-corrected chi connectivity index (χ1v) is 4.65. The van der Waals surface area contributed by atoms with Gasteiger partial charge in [0, 0.05) is 25.4 Å². The molecule has 0 saturated carbocycles. The molecular formula is C9H16N2O2. The zero-order valence-electron chi connectivity index (χ0n) is 8.12. The van der Waals surface area contributed by atoms with E-state index < -0.39 is 0 Å². The topological polar surface area (TPSA) is 49.4 Å². The predicted molar refractivity (Wildman–Crippen MR) is 48.8 cm³/mol. The average molecular weight is 184 g/mol. The van der Waals surface area contributed by atoms with Crippen LogP contribution >= 0.6 is 0 Å². The van der Waals surface area contributed by atoms with Crippen LogP contribution in [0.15, 0.2) is 0 Å². The Hall–Kier alpha value is -0.900. The number of hydrogen-bond acceptors (Lipinski definition) is 3. The molecule has 0 aliphatic carbocycles. The molecule has 1 fully saturated rings. The molecule has 0 bridgehead atoms. The smallest absolute Gasteiger partial charge is 0.238 e. The van der Waals surface area contributed by atoms with Crippen molar-refractivity contribution in [3.63, 3.8) is 0 Å². The van der Waals surface area contributed by atoms with E-state index >= 15 is 0 Å². The number of hydrazine groups is 1. The first-order chi connectivity index (χ1) is 6.15. The molecule has 1 heterocycles. The second kappa shape index (κ2) is 4.37. The van der Waals surface area contributed by atoms with Gasteiger partial charge in [-0.1, -0.05) is 13.8 Å². The van der Waals surface area contributed by atoms with Crippen molar-refractivity contribution in [3.05, 3.63) is 0 Å². The van der Waals surface area contributed by atoms with Crippen LogP contribution in [0, 0.1) is 5.92 Å².